The maximum atomic E-state index is 5.42. The maximum Gasteiger partial charge on any atom is 0.00559 e. The Labute approximate surface area is 74.1 Å². The van der Waals surface area contributed by atoms with Crippen LogP contribution in [0.3, 0.4) is 0 Å². The lowest BCUT2D eigenvalue weighted by Crippen LogP contribution is -2.10. The second kappa shape index (κ2) is 5.90. The fourth-order valence-electron chi connectivity index (χ4n) is 1.69. The van der Waals surface area contributed by atoms with E-state index in [1.165, 1.54) is 37.9 Å². The number of nitrogens with two attached hydrogens (primary N) is 1. The van der Waals surface area contributed by atoms with Gasteiger partial charge in [-0.25, -0.2) is 0 Å². The molecular formula is C9H19NS. The molecule has 0 atom stereocenters. The van der Waals surface area contributed by atoms with Gasteiger partial charge in [-0.15, -0.1) is 0 Å². The van der Waals surface area contributed by atoms with Crippen molar-refractivity contribution in [2.45, 2.75) is 32.1 Å². The van der Waals surface area contributed by atoms with Gasteiger partial charge in [-0.2, -0.15) is 11.8 Å². The van der Waals surface area contributed by atoms with E-state index in [0.717, 1.165) is 18.2 Å². The third kappa shape index (κ3) is 4.02. The van der Waals surface area contributed by atoms with Crippen LogP contribution in [-0.2, 0) is 0 Å². The van der Waals surface area contributed by atoms with Gasteiger partial charge in [0.2, 0.25) is 0 Å². The van der Waals surface area contributed by atoms with Gasteiger partial charge in [-0.05, 0) is 24.5 Å². The van der Waals surface area contributed by atoms with Crippen LogP contribution in [0.2, 0.25) is 0 Å². The zero-order valence-electron chi connectivity index (χ0n) is 7.22. The summed E-state index contributed by atoms with van der Waals surface area (Å²) in [5.41, 5.74) is 5.42. The van der Waals surface area contributed by atoms with Gasteiger partial charge in [0.25, 0.3) is 0 Å². The highest BCUT2D eigenvalue weighted by Crippen LogP contribution is 2.26. The highest BCUT2D eigenvalue weighted by Gasteiger charge is 2.12. The van der Waals surface area contributed by atoms with Crippen molar-refractivity contribution in [2.24, 2.45) is 11.7 Å². The topological polar surface area (TPSA) is 26.0 Å². The summed E-state index contributed by atoms with van der Waals surface area (Å²) in [6.45, 7) is 0.845. The van der Waals surface area contributed by atoms with Crippen LogP contribution in [0.15, 0.2) is 0 Å². The van der Waals surface area contributed by atoms with E-state index >= 15 is 0 Å². The molecule has 1 aliphatic rings. The van der Waals surface area contributed by atoms with E-state index in [1.807, 2.05) is 11.8 Å². The van der Waals surface area contributed by atoms with Gasteiger partial charge in [0.1, 0.15) is 0 Å². The molecule has 0 aromatic heterocycles. The number of hydrogen-bond acceptors (Lipinski definition) is 2. The molecule has 2 N–H and O–H groups in total. The number of hydrogen-bond donors (Lipinski definition) is 1. The first kappa shape index (κ1) is 9.40. The fourth-order valence-corrected chi connectivity index (χ4v) is 2.69. The Hall–Kier alpha value is 0.310. The minimum Gasteiger partial charge on any atom is -0.330 e. The van der Waals surface area contributed by atoms with Gasteiger partial charge in [0, 0.05) is 12.3 Å². The molecule has 1 rings (SSSR count). The molecule has 0 aromatic carbocycles. The molecule has 0 saturated heterocycles. The molecular weight excluding hydrogens is 154 g/mol. The predicted molar refractivity (Wildman–Crippen MR) is 53.0 cm³/mol. The standard InChI is InChI=1S/C9H19NS/c10-6-7-11-8-9-4-2-1-3-5-9/h9H,1-8,10H2. The monoisotopic (exact) mass is 173 g/mol. The summed E-state index contributed by atoms with van der Waals surface area (Å²) < 4.78 is 0. The fraction of sp³-hybridized carbons (Fsp3) is 1.00. The van der Waals surface area contributed by atoms with E-state index in [4.69, 9.17) is 5.73 Å². The maximum absolute atomic E-state index is 5.42. The van der Waals surface area contributed by atoms with E-state index in [9.17, 15) is 0 Å². The average Bonchev–Trinajstić information content (AvgIpc) is 2.07. The first-order valence-corrected chi connectivity index (χ1v) is 5.87. The Bertz CT molecular complexity index is 89.6. The lowest BCUT2D eigenvalue weighted by molar-refractivity contribution is 0.391. The third-order valence-electron chi connectivity index (χ3n) is 2.34. The molecule has 0 amide bonds. The minimum absolute atomic E-state index is 0.845. The number of thioether (sulfide) groups is 1. The second-order valence-corrected chi connectivity index (χ2v) is 4.52. The van der Waals surface area contributed by atoms with Crippen LogP contribution in [0.1, 0.15) is 32.1 Å². The molecule has 1 saturated carbocycles. The molecule has 11 heavy (non-hydrogen) atoms. The Morgan fingerprint density at radius 2 is 1.91 bits per heavy atom. The van der Waals surface area contributed by atoms with Gasteiger partial charge in [0.15, 0.2) is 0 Å². The van der Waals surface area contributed by atoms with Gasteiger partial charge in [-0.1, -0.05) is 19.3 Å². The largest absolute Gasteiger partial charge is 0.330 e. The minimum atomic E-state index is 0.845. The zero-order valence-corrected chi connectivity index (χ0v) is 8.04. The van der Waals surface area contributed by atoms with Crippen molar-refractivity contribution in [2.75, 3.05) is 18.1 Å². The van der Waals surface area contributed by atoms with Crippen molar-refractivity contribution in [3.63, 3.8) is 0 Å². The summed E-state index contributed by atoms with van der Waals surface area (Å²) in [6.07, 6.45) is 7.34. The van der Waals surface area contributed by atoms with Crippen molar-refractivity contribution in [3.05, 3.63) is 0 Å². The van der Waals surface area contributed by atoms with Gasteiger partial charge in [0.05, 0.1) is 0 Å². The van der Waals surface area contributed by atoms with Crippen LogP contribution in [0.25, 0.3) is 0 Å². The Balaban J connectivity index is 1.96. The highest BCUT2D eigenvalue weighted by atomic mass is 32.2. The summed E-state index contributed by atoms with van der Waals surface area (Å²) in [4.78, 5) is 0. The summed E-state index contributed by atoms with van der Waals surface area (Å²) >= 11 is 2.03. The molecule has 0 aromatic rings. The summed E-state index contributed by atoms with van der Waals surface area (Å²) in [5.74, 6) is 3.52. The lowest BCUT2D eigenvalue weighted by atomic mass is 9.91. The van der Waals surface area contributed by atoms with E-state index in [-0.39, 0.29) is 0 Å². The van der Waals surface area contributed by atoms with Crippen molar-refractivity contribution in [1.82, 2.24) is 0 Å². The second-order valence-electron chi connectivity index (χ2n) is 3.37. The molecule has 0 aliphatic heterocycles. The SMILES string of the molecule is NCCSCC1CCCCC1. The van der Waals surface area contributed by atoms with Crippen LogP contribution in [-0.4, -0.2) is 18.1 Å². The van der Waals surface area contributed by atoms with Crippen molar-refractivity contribution >= 4 is 11.8 Å². The molecule has 0 radical (unpaired) electrons. The Morgan fingerprint density at radius 3 is 2.55 bits per heavy atom. The highest BCUT2D eigenvalue weighted by molar-refractivity contribution is 7.99. The molecule has 0 bridgehead atoms. The Morgan fingerprint density at radius 1 is 1.18 bits per heavy atom. The molecule has 1 fully saturated rings. The first-order chi connectivity index (χ1) is 5.43. The molecule has 66 valence electrons. The van der Waals surface area contributed by atoms with E-state index < -0.39 is 0 Å². The quantitative estimate of drug-likeness (QED) is 0.660. The van der Waals surface area contributed by atoms with Crippen LogP contribution in [0.5, 0.6) is 0 Å². The van der Waals surface area contributed by atoms with E-state index in [0.29, 0.717) is 0 Å². The summed E-state index contributed by atoms with van der Waals surface area (Å²) in [7, 11) is 0. The van der Waals surface area contributed by atoms with E-state index in [2.05, 4.69) is 0 Å². The van der Waals surface area contributed by atoms with Crippen LogP contribution >= 0.6 is 11.8 Å². The zero-order chi connectivity index (χ0) is 7.94. The normalized spacial score (nSPS) is 20.5. The van der Waals surface area contributed by atoms with E-state index in [1.54, 1.807) is 0 Å². The van der Waals surface area contributed by atoms with Crippen molar-refractivity contribution in [3.8, 4) is 0 Å². The molecule has 0 unspecified atom stereocenters. The Kier molecular flexibility index (Phi) is 5.04. The molecule has 0 heterocycles. The molecule has 0 spiro atoms. The summed E-state index contributed by atoms with van der Waals surface area (Å²) in [6, 6.07) is 0. The lowest BCUT2D eigenvalue weighted by Gasteiger charge is -2.20. The average molecular weight is 173 g/mol. The van der Waals surface area contributed by atoms with Crippen LogP contribution in [0.4, 0.5) is 0 Å². The van der Waals surface area contributed by atoms with Crippen molar-refractivity contribution < 1.29 is 0 Å². The molecule has 1 nitrogen and oxygen atoms in total. The van der Waals surface area contributed by atoms with Gasteiger partial charge < -0.3 is 5.73 Å². The van der Waals surface area contributed by atoms with Crippen molar-refractivity contribution in [1.29, 1.82) is 0 Å². The van der Waals surface area contributed by atoms with Crippen LogP contribution < -0.4 is 5.73 Å². The number of rotatable bonds is 4. The smallest absolute Gasteiger partial charge is 0.00559 e. The predicted octanol–water partition coefficient (Wildman–Crippen LogP) is 2.26. The van der Waals surface area contributed by atoms with Crippen LogP contribution in [0, 0.1) is 5.92 Å². The third-order valence-corrected chi connectivity index (χ3v) is 3.57. The molecule has 1 aliphatic carbocycles. The summed E-state index contributed by atoms with van der Waals surface area (Å²) in [5, 5.41) is 0. The first-order valence-electron chi connectivity index (χ1n) is 4.71. The van der Waals surface area contributed by atoms with Gasteiger partial charge >= 0.3 is 0 Å². The molecule has 2 heteroatoms. The van der Waals surface area contributed by atoms with Gasteiger partial charge in [-0.3, -0.25) is 0 Å².